The van der Waals surface area contributed by atoms with E-state index in [4.69, 9.17) is 0 Å². The molecular formula is C47H32S. The minimum Gasteiger partial charge on any atom is -0.135 e. The molecule has 0 saturated carbocycles. The van der Waals surface area contributed by atoms with Gasteiger partial charge in [-0.2, -0.15) is 0 Å². The smallest absolute Gasteiger partial charge is 0.0399 e. The highest BCUT2D eigenvalue weighted by molar-refractivity contribution is 7.22. The first-order valence-electron chi connectivity index (χ1n) is 16.8. The maximum absolute atomic E-state index is 2.48. The first-order valence-corrected chi connectivity index (χ1v) is 17.6. The van der Waals surface area contributed by atoms with Crippen LogP contribution < -0.4 is 0 Å². The Labute approximate surface area is 284 Å². The highest BCUT2D eigenvalue weighted by atomic mass is 32.1. The number of thiophene rings is 1. The van der Waals surface area contributed by atoms with Crippen LogP contribution in [0.1, 0.15) is 25.0 Å². The minimum absolute atomic E-state index is 0.0379. The van der Waals surface area contributed by atoms with Gasteiger partial charge in [-0.05, 0) is 99.9 Å². The normalized spacial score (nSPS) is 13.4. The van der Waals surface area contributed by atoms with Gasteiger partial charge in [0.15, 0.2) is 0 Å². The van der Waals surface area contributed by atoms with Crippen molar-refractivity contribution in [2.75, 3.05) is 0 Å². The van der Waals surface area contributed by atoms with E-state index in [9.17, 15) is 0 Å². The SMILES string of the molecule is CC1(C)c2ccc(-c3c4ccccc4c(-c4cccc5c(-c6ccccc6)cccc45)c4ccccc34)cc2-c2sc3ccccc3c21. The van der Waals surface area contributed by atoms with E-state index in [1.165, 1.54) is 97.4 Å². The summed E-state index contributed by atoms with van der Waals surface area (Å²) < 4.78 is 1.37. The van der Waals surface area contributed by atoms with Crippen LogP contribution >= 0.6 is 11.3 Å². The molecule has 8 aromatic carbocycles. The molecule has 0 N–H and O–H groups in total. The summed E-state index contributed by atoms with van der Waals surface area (Å²) in [7, 11) is 0. The molecule has 0 aliphatic heterocycles. The second kappa shape index (κ2) is 10.2. The Morgan fingerprint density at radius 3 is 1.62 bits per heavy atom. The highest BCUT2D eigenvalue weighted by Gasteiger charge is 2.39. The summed E-state index contributed by atoms with van der Waals surface area (Å²) in [6.07, 6.45) is 0. The van der Waals surface area contributed by atoms with Gasteiger partial charge in [0.05, 0.1) is 0 Å². The molecule has 48 heavy (non-hydrogen) atoms. The van der Waals surface area contributed by atoms with Gasteiger partial charge in [0.2, 0.25) is 0 Å². The van der Waals surface area contributed by atoms with Gasteiger partial charge in [0, 0.05) is 15.0 Å². The predicted molar refractivity (Wildman–Crippen MR) is 208 cm³/mol. The lowest BCUT2D eigenvalue weighted by molar-refractivity contribution is 0.667. The Morgan fingerprint density at radius 1 is 0.396 bits per heavy atom. The predicted octanol–water partition coefficient (Wildman–Crippen LogP) is 13.7. The summed E-state index contributed by atoms with van der Waals surface area (Å²) in [5.41, 5.74) is 11.9. The van der Waals surface area contributed by atoms with Crippen LogP contribution in [0.4, 0.5) is 0 Å². The zero-order chi connectivity index (χ0) is 32.0. The van der Waals surface area contributed by atoms with Crippen molar-refractivity contribution in [3.63, 3.8) is 0 Å². The lowest BCUT2D eigenvalue weighted by Crippen LogP contribution is -2.14. The van der Waals surface area contributed by atoms with Crippen LogP contribution in [-0.4, -0.2) is 0 Å². The summed E-state index contributed by atoms with van der Waals surface area (Å²) in [6.45, 7) is 4.78. The van der Waals surface area contributed by atoms with Crippen LogP contribution in [0.2, 0.25) is 0 Å². The molecule has 1 heteroatoms. The first kappa shape index (κ1) is 27.6. The van der Waals surface area contributed by atoms with E-state index in [0.29, 0.717) is 0 Å². The Morgan fingerprint density at radius 2 is 0.938 bits per heavy atom. The molecule has 1 aliphatic rings. The average Bonchev–Trinajstić information content (AvgIpc) is 3.63. The van der Waals surface area contributed by atoms with Crippen molar-refractivity contribution in [2.45, 2.75) is 19.3 Å². The summed E-state index contributed by atoms with van der Waals surface area (Å²) in [6, 6.07) is 58.6. The number of fused-ring (bicyclic) bond motifs is 8. The maximum atomic E-state index is 2.48. The quantitative estimate of drug-likeness (QED) is 0.171. The molecule has 0 spiro atoms. The van der Waals surface area contributed by atoms with Crippen molar-refractivity contribution in [2.24, 2.45) is 0 Å². The minimum atomic E-state index is -0.0379. The van der Waals surface area contributed by atoms with Crippen molar-refractivity contribution in [1.82, 2.24) is 0 Å². The topological polar surface area (TPSA) is 0 Å². The standard InChI is InChI=1S/C47H32S/c1-47(2)41-27-26-30(28-40(41)46-45(47)39-20-10-11-25-42(39)48-46)43-35-16-6-8-18-37(35)44(38-19-9-7-17-36(38)43)34-24-13-22-32-31(21-12-23-33(32)34)29-14-4-3-5-15-29/h3-28H,1-2H3. The summed E-state index contributed by atoms with van der Waals surface area (Å²) in [5.74, 6) is 0. The Bertz CT molecular complexity index is 2690. The third-order valence-corrected chi connectivity index (χ3v) is 11.9. The van der Waals surface area contributed by atoms with Crippen LogP contribution in [0.3, 0.4) is 0 Å². The van der Waals surface area contributed by atoms with Gasteiger partial charge in [-0.25, -0.2) is 0 Å². The van der Waals surface area contributed by atoms with Gasteiger partial charge in [0.1, 0.15) is 0 Å². The maximum Gasteiger partial charge on any atom is 0.0399 e. The lowest BCUT2D eigenvalue weighted by atomic mass is 9.80. The van der Waals surface area contributed by atoms with Crippen molar-refractivity contribution in [1.29, 1.82) is 0 Å². The molecule has 9 aromatic rings. The molecule has 10 rings (SSSR count). The van der Waals surface area contributed by atoms with Crippen LogP contribution in [0.15, 0.2) is 158 Å². The summed E-state index contributed by atoms with van der Waals surface area (Å²) in [4.78, 5) is 1.42. The van der Waals surface area contributed by atoms with E-state index in [2.05, 4.69) is 172 Å². The van der Waals surface area contributed by atoms with Crippen molar-refractivity contribution < 1.29 is 0 Å². The lowest BCUT2D eigenvalue weighted by Gasteiger charge is -2.22. The van der Waals surface area contributed by atoms with Gasteiger partial charge in [0.25, 0.3) is 0 Å². The largest absolute Gasteiger partial charge is 0.135 e. The molecule has 0 amide bonds. The monoisotopic (exact) mass is 628 g/mol. The molecule has 1 heterocycles. The Hall–Kier alpha value is -5.50. The second-order valence-electron chi connectivity index (χ2n) is 13.6. The van der Waals surface area contributed by atoms with Crippen molar-refractivity contribution in [3.05, 3.63) is 169 Å². The van der Waals surface area contributed by atoms with Crippen molar-refractivity contribution >= 4 is 53.7 Å². The molecule has 0 nitrogen and oxygen atoms in total. The van der Waals surface area contributed by atoms with E-state index < -0.39 is 0 Å². The van der Waals surface area contributed by atoms with Gasteiger partial charge >= 0.3 is 0 Å². The fourth-order valence-corrected chi connectivity index (χ4v) is 9.94. The number of benzene rings is 8. The molecule has 0 radical (unpaired) electrons. The molecule has 0 saturated heterocycles. The van der Waals surface area contributed by atoms with Crippen LogP contribution in [-0.2, 0) is 5.41 Å². The van der Waals surface area contributed by atoms with Gasteiger partial charge in [-0.15, -0.1) is 11.3 Å². The molecule has 1 aliphatic carbocycles. The third-order valence-electron chi connectivity index (χ3n) is 10.7. The zero-order valence-electron chi connectivity index (χ0n) is 26.9. The molecule has 0 fully saturated rings. The van der Waals surface area contributed by atoms with Crippen LogP contribution in [0.25, 0.3) is 86.2 Å². The summed E-state index contributed by atoms with van der Waals surface area (Å²) in [5, 5.41) is 9.09. The second-order valence-corrected chi connectivity index (χ2v) is 14.7. The molecule has 0 unspecified atom stereocenters. The fourth-order valence-electron chi connectivity index (χ4n) is 8.55. The molecule has 226 valence electrons. The van der Waals surface area contributed by atoms with E-state index in [0.717, 1.165) is 0 Å². The van der Waals surface area contributed by atoms with Crippen molar-refractivity contribution in [3.8, 4) is 43.8 Å². The number of hydrogen-bond donors (Lipinski definition) is 0. The van der Waals surface area contributed by atoms with Crippen LogP contribution in [0, 0.1) is 0 Å². The first-order chi connectivity index (χ1) is 23.6. The molecule has 0 bridgehead atoms. The van der Waals surface area contributed by atoms with Gasteiger partial charge < -0.3 is 0 Å². The zero-order valence-corrected chi connectivity index (χ0v) is 27.7. The Kier molecular flexibility index (Phi) is 5.89. The molecular weight excluding hydrogens is 597 g/mol. The third kappa shape index (κ3) is 3.83. The van der Waals surface area contributed by atoms with Gasteiger partial charge in [-0.1, -0.05) is 159 Å². The van der Waals surface area contributed by atoms with Gasteiger partial charge in [-0.3, -0.25) is 0 Å². The van der Waals surface area contributed by atoms with Crippen LogP contribution in [0.5, 0.6) is 0 Å². The number of rotatable bonds is 3. The van der Waals surface area contributed by atoms with E-state index in [-0.39, 0.29) is 5.41 Å². The number of hydrogen-bond acceptors (Lipinski definition) is 1. The highest BCUT2D eigenvalue weighted by Crippen LogP contribution is 2.56. The summed E-state index contributed by atoms with van der Waals surface area (Å²) >= 11 is 1.94. The van der Waals surface area contributed by atoms with E-state index >= 15 is 0 Å². The average molecular weight is 629 g/mol. The fraction of sp³-hybridized carbons (Fsp3) is 0.0638. The molecule has 1 aromatic heterocycles. The molecule has 0 atom stereocenters. The Balaban J connectivity index is 1.26. The van der Waals surface area contributed by atoms with E-state index in [1.807, 2.05) is 11.3 Å². The van der Waals surface area contributed by atoms with E-state index in [1.54, 1.807) is 0 Å².